The second-order valence-corrected chi connectivity index (χ2v) is 6.81. The lowest BCUT2D eigenvalue weighted by Gasteiger charge is -2.40. The summed E-state index contributed by atoms with van der Waals surface area (Å²) < 4.78 is 11.2. The molecule has 1 fully saturated rings. The van der Waals surface area contributed by atoms with E-state index in [0.29, 0.717) is 25.3 Å². The first kappa shape index (κ1) is 18.3. The van der Waals surface area contributed by atoms with Crippen molar-refractivity contribution in [1.82, 2.24) is 9.88 Å². The summed E-state index contributed by atoms with van der Waals surface area (Å²) in [5.74, 6) is 0.681. The van der Waals surface area contributed by atoms with E-state index in [4.69, 9.17) is 14.6 Å². The Morgan fingerprint density at radius 2 is 2.21 bits per heavy atom. The minimum Gasteiger partial charge on any atom is -0.490 e. The highest BCUT2D eigenvalue weighted by Crippen LogP contribution is 2.22. The Balaban J connectivity index is 1.84. The summed E-state index contributed by atoms with van der Waals surface area (Å²) in [7, 11) is 0. The smallest absolute Gasteiger partial charge is 0.410 e. The number of allylic oxidation sites excluding steroid dienone is 1. The van der Waals surface area contributed by atoms with Crippen molar-refractivity contribution in [2.75, 3.05) is 19.8 Å². The van der Waals surface area contributed by atoms with Gasteiger partial charge in [0.2, 0.25) is 0 Å². The molecule has 2 rings (SSSR count). The second kappa shape index (κ2) is 8.15. The number of aliphatic hydroxyl groups excluding tert-OH is 1. The van der Waals surface area contributed by atoms with Gasteiger partial charge >= 0.3 is 6.09 Å². The zero-order valence-electron chi connectivity index (χ0n) is 14.6. The van der Waals surface area contributed by atoms with Crippen molar-refractivity contribution in [2.45, 2.75) is 45.3 Å². The number of rotatable bonds is 6. The molecule has 0 radical (unpaired) electrons. The van der Waals surface area contributed by atoms with Crippen molar-refractivity contribution in [3.05, 3.63) is 36.2 Å². The third-order valence-electron chi connectivity index (χ3n) is 3.61. The van der Waals surface area contributed by atoms with Crippen LogP contribution >= 0.6 is 0 Å². The van der Waals surface area contributed by atoms with E-state index in [1.165, 1.54) is 0 Å². The molecule has 0 aromatic carbocycles. The van der Waals surface area contributed by atoms with Crippen molar-refractivity contribution in [1.29, 1.82) is 0 Å². The molecule has 0 saturated carbocycles. The van der Waals surface area contributed by atoms with Crippen LogP contribution in [0.25, 0.3) is 0 Å². The lowest BCUT2D eigenvalue weighted by molar-refractivity contribution is -0.0141. The van der Waals surface area contributed by atoms with Gasteiger partial charge in [0.25, 0.3) is 0 Å². The Bertz CT molecular complexity index is 581. The fourth-order valence-electron chi connectivity index (χ4n) is 2.32. The average Bonchev–Trinajstić information content (AvgIpc) is 2.45. The van der Waals surface area contributed by atoms with Crippen LogP contribution in [0.15, 0.2) is 30.6 Å². The van der Waals surface area contributed by atoms with Crippen molar-refractivity contribution < 1.29 is 19.4 Å². The average molecular weight is 334 g/mol. The van der Waals surface area contributed by atoms with Crippen molar-refractivity contribution in [2.24, 2.45) is 0 Å². The monoisotopic (exact) mass is 334 g/mol. The maximum absolute atomic E-state index is 12.1. The minimum absolute atomic E-state index is 0.0335. The summed E-state index contributed by atoms with van der Waals surface area (Å²) in [5, 5.41) is 8.75. The van der Waals surface area contributed by atoms with Crippen LogP contribution in [0, 0.1) is 0 Å². The van der Waals surface area contributed by atoms with E-state index < -0.39 is 5.60 Å². The van der Waals surface area contributed by atoms with Gasteiger partial charge in [-0.3, -0.25) is 4.98 Å². The van der Waals surface area contributed by atoms with E-state index in [-0.39, 0.29) is 18.7 Å². The summed E-state index contributed by atoms with van der Waals surface area (Å²) in [6.07, 6.45) is 8.32. The molecule has 1 amide bonds. The number of carbonyl (C=O) groups excluding carboxylic acids is 1. The standard InChI is InChI=1S/C18H26N2O4/c1-18(2,3)24-17(22)20-8-7-15(20)13-23-16-10-14(11-19-12-16)6-4-5-9-21/h4-5,10-12,15,21H,6-9,13H2,1-3H3/b5-4+. The van der Waals surface area contributed by atoms with Gasteiger partial charge in [-0.1, -0.05) is 12.2 Å². The summed E-state index contributed by atoms with van der Waals surface area (Å²) in [6, 6.07) is 1.96. The normalized spacial score (nSPS) is 17.7. The molecule has 1 aliphatic heterocycles. The van der Waals surface area contributed by atoms with E-state index in [1.54, 1.807) is 23.4 Å². The number of hydrogen-bond donors (Lipinski definition) is 1. The first-order valence-corrected chi connectivity index (χ1v) is 8.21. The second-order valence-electron chi connectivity index (χ2n) is 6.81. The highest BCUT2D eigenvalue weighted by atomic mass is 16.6. The number of likely N-dealkylation sites (tertiary alicyclic amines) is 1. The Morgan fingerprint density at radius 3 is 2.83 bits per heavy atom. The van der Waals surface area contributed by atoms with Crippen LogP contribution in [-0.4, -0.2) is 52.5 Å². The zero-order chi connectivity index (χ0) is 17.6. The maximum Gasteiger partial charge on any atom is 0.410 e. The van der Waals surface area contributed by atoms with Crippen LogP contribution in [0.5, 0.6) is 5.75 Å². The first-order chi connectivity index (χ1) is 11.4. The number of pyridine rings is 1. The number of ether oxygens (including phenoxy) is 2. The molecule has 1 aliphatic rings. The maximum atomic E-state index is 12.1. The van der Waals surface area contributed by atoms with Crippen LogP contribution in [0.3, 0.4) is 0 Å². The van der Waals surface area contributed by atoms with Crippen molar-refractivity contribution in [3.8, 4) is 5.75 Å². The number of aromatic nitrogens is 1. The Kier molecular flexibility index (Phi) is 6.20. The SMILES string of the molecule is CC(C)(C)OC(=O)N1CCC1COc1cncc(C/C=C/CO)c1. The molecular weight excluding hydrogens is 308 g/mol. The largest absolute Gasteiger partial charge is 0.490 e. The fourth-order valence-corrected chi connectivity index (χ4v) is 2.32. The number of nitrogens with zero attached hydrogens (tertiary/aromatic N) is 2. The molecule has 6 nitrogen and oxygen atoms in total. The number of carbonyl (C=O) groups is 1. The molecular formula is C18H26N2O4. The first-order valence-electron chi connectivity index (χ1n) is 8.21. The van der Waals surface area contributed by atoms with Crippen LogP contribution < -0.4 is 4.74 Å². The van der Waals surface area contributed by atoms with E-state index in [0.717, 1.165) is 12.0 Å². The Hall–Kier alpha value is -2.08. The van der Waals surface area contributed by atoms with Crippen molar-refractivity contribution in [3.63, 3.8) is 0 Å². The number of hydrogen-bond acceptors (Lipinski definition) is 5. The van der Waals surface area contributed by atoms with Crippen LogP contribution in [0.4, 0.5) is 4.79 Å². The van der Waals surface area contributed by atoms with Crippen LogP contribution in [0.1, 0.15) is 32.8 Å². The van der Waals surface area contributed by atoms with E-state index in [9.17, 15) is 4.79 Å². The third kappa shape index (κ3) is 5.53. The molecule has 0 aliphatic carbocycles. The molecule has 1 aromatic rings. The quantitative estimate of drug-likeness (QED) is 0.810. The zero-order valence-corrected chi connectivity index (χ0v) is 14.6. The molecule has 1 N–H and O–H groups in total. The minimum atomic E-state index is -0.488. The van der Waals surface area contributed by atoms with E-state index in [1.807, 2.05) is 32.9 Å². The van der Waals surface area contributed by atoms with E-state index >= 15 is 0 Å². The molecule has 132 valence electrons. The van der Waals surface area contributed by atoms with Gasteiger partial charge in [0.05, 0.1) is 18.8 Å². The molecule has 24 heavy (non-hydrogen) atoms. The highest BCUT2D eigenvalue weighted by Gasteiger charge is 2.35. The van der Waals surface area contributed by atoms with Crippen LogP contribution in [0.2, 0.25) is 0 Å². The molecule has 6 heteroatoms. The highest BCUT2D eigenvalue weighted by molar-refractivity contribution is 5.69. The van der Waals surface area contributed by atoms with E-state index in [2.05, 4.69) is 4.98 Å². The Morgan fingerprint density at radius 1 is 1.42 bits per heavy atom. The van der Waals surface area contributed by atoms with Gasteiger partial charge in [0.1, 0.15) is 18.0 Å². The van der Waals surface area contributed by atoms with Gasteiger partial charge in [-0.15, -0.1) is 0 Å². The number of amides is 1. The molecule has 1 aromatic heterocycles. The topological polar surface area (TPSA) is 71.9 Å². The number of aliphatic hydroxyl groups is 1. The van der Waals surface area contributed by atoms with Gasteiger partial charge in [-0.2, -0.15) is 0 Å². The third-order valence-corrected chi connectivity index (χ3v) is 3.61. The summed E-state index contributed by atoms with van der Waals surface area (Å²) in [5.41, 5.74) is 0.521. The van der Waals surface area contributed by atoms with Crippen molar-refractivity contribution >= 4 is 6.09 Å². The summed E-state index contributed by atoms with van der Waals surface area (Å²) in [6.45, 7) is 6.74. The lowest BCUT2D eigenvalue weighted by atomic mass is 10.1. The molecule has 1 unspecified atom stereocenters. The summed E-state index contributed by atoms with van der Waals surface area (Å²) in [4.78, 5) is 17.9. The van der Waals surface area contributed by atoms with Gasteiger partial charge in [-0.25, -0.2) is 4.79 Å². The molecule has 1 atom stereocenters. The lowest BCUT2D eigenvalue weighted by Crippen LogP contribution is -2.55. The fraction of sp³-hybridized carbons (Fsp3) is 0.556. The molecule has 1 saturated heterocycles. The molecule has 0 bridgehead atoms. The molecule has 0 spiro atoms. The van der Waals surface area contributed by atoms with Gasteiger partial charge < -0.3 is 19.5 Å². The van der Waals surface area contributed by atoms with Crippen LogP contribution in [-0.2, 0) is 11.2 Å². The predicted molar refractivity (Wildman–Crippen MR) is 91.0 cm³/mol. The summed E-state index contributed by atoms with van der Waals surface area (Å²) >= 11 is 0. The molecule has 2 heterocycles. The Labute approximate surface area is 143 Å². The van der Waals surface area contributed by atoms with Gasteiger partial charge in [0.15, 0.2) is 0 Å². The van der Waals surface area contributed by atoms with Gasteiger partial charge in [-0.05, 0) is 45.2 Å². The van der Waals surface area contributed by atoms with Gasteiger partial charge in [0, 0.05) is 12.7 Å². The predicted octanol–water partition coefficient (Wildman–Crippen LogP) is 2.56.